The predicted molar refractivity (Wildman–Crippen MR) is 120 cm³/mol. The standard InChI is InChI=1S/C25H37N3O2/c1-19-16-28(17-20(2)30-19)24(29)23-15-25(23)9-13-26(14-10-25)18-21-5-7-22(8-6-21)27-11-3-4-12-27/h5-8,19-20,23H,3-4,9-18H2,1-2H3/t19-,20+,23?. The van der Waals surface area contributed by atoms with Crippen molar-refractivity contribution < 1.29 is 9.53 Å². The second kappa shape index (κ2) is 8.16. The van der Waals surface area contributed by atoms with Crippen LogP contribution < -0.4 is 4.90 Å². The highest BCUT2D eigenvalue weighted by molar-refractivity contribution is 5.83. The van der Waals surface area contributed by atoms with Gasteiger partial charge >= 0.3 is 0 Å². The second-order valence-corrected chi connectivity index (χ2v) is 10.3. The molecule has 5 heteroatoms. The van der Waals surface area contributed by atoms with Gasteiger partial charge in [0.05, 0.1) is 12.2 Å². The van der Waals surface area contributed by atoms with Gasteiger partial charge in [-0.15, -0.1) is 0 Å². The molecule has 3 aliphatic heterocycles. The summed E-state index contributed by atoms with van der Waals surface area (Å²) in [4.78, 5) is 20.2. The first-order valence-electron chi connectivity index (χ1n) is 12.0. The lowest BCUT2D eigenvalue weighted by Gasteiger charge is -2.37. The Hall–Kier alpha value is -1.59. The number of carbonyl (C=O) groups is 1. The molecule has 164 valence electrons. The first-order valence-corrected chi connectivity index (χ1v) is 12.0. The average molecular weight is 412 g/mol. The number of piperidine rings is 1. The molecule has 1 aromatic rings. The van der Waals surface area contributed by atoms with E-state index in [2.05, 4.69) is 52.8 Å². The van der Waals surface area contributed by atoms with Crippen molar-refractivity contribution in [1.82, 2.24) is 9.80 Å². The zero-order valence-corrected chi connectivity index (χ0v) is 18.7. The maximum absolute atomic E-state index is 13.1. The van der Waals surface area contributed by atoms with Crippen molar-refractivity contribution in [2.75, 3.05) is 44.2 Å². The van der Waals surface area contributed by atoms with Crippen LogP contribution in [0.15, 0.2) is 24.3 Å². The summed E-state index contributed by atoms with van der Waals surface area (Å²) in [6.07, 6.45) is 6.41. The smallest absolute Gasteiger partial charge is 0.226 e. The molecule has 4 aliphatic rings. The third-order valence-corrected chi connectivity index (χ3v) is 7.88. The van der Waals surface area contributed by atoms with E-state index in [-0.39, 0.29) is 23.5 Å². The Balaban J connectivity index is 1.11. The molecule has 1 saturated carbocycles. The van der Waals surface area contributed by atoms with Gasteiger partial charge in [0.25, 0.3) is 0 Å². The number of nitrogens with zero attached hydrogens (tertiary/aromatic N) is 3. The van der Waals surface area contributed by atoms with E-state index in [1.54, 1.807) is 0 Å². The van der Waals surface area contributed by atoms with Gasteiger partial charge in [-0.1, -0.05) is 12.1 Å². The third kappa shape index (κ3) is 4.11. The number of amides is 1. The molecule has 5 rings (SSSR count). The second-order valence-electron chi connectivity index (χ2n) is 10.3. The fourth-order valence-corrected chi connectivity index (χ4v) is 6.03. The van der Waals surface area contributed by atoms with Gasteiger partial charge < -0.3 is 14.5 Å². The number of anilines is 1. The summed E-state index contributed by atoms with van der Waals surface area (Å²) in [7, 11) is 0. The Labute approximate surface area is 181 Å². The van der Waals surface area contributed by atoms with Crippen LogP contribution in [-0.2, 0) is 16.1 Å². The quantitative estimate of drug-likeness (QED) is 0.760. The molecule has 4 fully saturated rings. The minimum Gasteiger partial charge on any atom is -0.372 e. The predicted octanol–water partition coefficient (Wildman–Crippen LogP) is 3.52. The maximum atomic E-state index is 13.1. The van der Waals surface area contributed by atoms with Crippen molar-refractivity contribution in [3.05, 3.63) is 29.8 Å². The fourth-order valence-electron chi connectivity index (χ4n) is 6.03. The molecular weight excluding hydrogens is 374 g/mol. The highest BCUT2D eigenvalue weighted by Gasteiger charge is 2.59. The lowest BCUT2D eigenvalue weighted by molar-refractivity contribution is -0.145. The lowest BCUT2D eigenvalue weighted by atomic mass is 9.90. The molecular formula is C25H37N3O2. The van der Waals surface area contributed by atoms with Crippen LogP contribution in [-0.4, -0.2) is 67.2 Å². The molecule has 3 atom stereocenters. The van der Waals surface area contributed by atoms with Gasteiger partial charge in [-0.25, -0.2) is 0 Å². The van der Waals surface area contributed by atoms with Crippen LogP contribution in [0.4, 0.5) is 5.69 Å². The molecule has 0 bridgehead atoms. The number of likely N-dealkylation sites (tertiary alicyclic amines) is 1. The van der Waals surface area contributed by atoms with Crippen LogP contribution in [0.25, 0.3) is 0 Å². The number of hydrogen-bond donors (Lipinski definition) is 0. The van der Waals surface area contributed by atoms with Crippen LogP contribution >= 0.6 is 0 Å². The molecule has 1 aliphatic carbocycles. The summed E-state index contributed by atoms with van der Waals surface area (Å²) < 4.78 is 5.81. The summed E-state index contributed by atoms with van der Waals surface area (Å²) in [6.45, 7) is 11.4. The van der Waals surface area contributed by atoms with Gasteiger partial charge in [0.15, 0.2) is 0 Å². The van der Waals surface area contributed by atoms with E-state index < -0.39 is 0 Å². The minimum atomic E-state index is 0.158. The molecule has 0 aromatic heterocycles. The summed E-state index contributed by atoms with van der Waals surface area (Å²) in [5.41, 5.74) is 3.08. The van der Waals surface area contributed by atoms with Crippen molar-refractivity contribution in [1.29, 1.82) is 0 Å². The van der Waals surface area contributed by atoms with Crippen LogP contribution in [0.1, 0.15) is 51.5 Å². The fraction of sp³-hybridized carbons (Fsp3) is 0.720. The summed E-state index contributed by atoms with van der Waals surface area (Å²) in [6, 6.07) is 9.21. The van der Waals surface area contributed by atoms with Crippen molar-refractivity contribution in [2.24, 2.45) is 11.3 Å². The molecule has 1 aromatic carbocycles. The number of benzene rings is 1. The van der Waals surface area contributed by atoms with E-state index >= 15 is 0 Å². The number of ether oxygens (including phenoxy) is 1. The molecule has 1 spiro atoms. The van der Waals surface area contributed by atoms with Crippen molar-refractivity contribution in [2.45, 2.75) is 64.7 Å². The lowest BCUT2D eigenvalue weighted by Crippen LogP contribution is -2.49. The number of rotatable bonds is 4. The van der Waals surface area contributed by atoms with Gasteiger partial charge in [-0.2, -0.15) is 0 Å². The molecule has 3 saturated heterocycles. The van der Waals surface area contributed by atoms with Gasteiger partial charge in [0.2, 0.25) is 5.91 Å². The molecule has 1 unspecified atom stereocenters. The topological polar surface area (TPSA) is 36.0 Å². The Morgan fingerprint density at radius 2 is 1.63 bits per heavy atom. The SMILES string of the molecule is C[C@@H]1CN(C(=O)C2CC23CCN(Cc2ccc(N4CCCC4)cc2)CC3)C[C@H](C)O1. The number of morpholine rings is 1. The van der Waals surface area contributed by atoms with E-state index in [4.69, 9.17) is 4.74 Å². The van der Waals surface area contributed by atoms with Crippen molar-refractivity contribution in [3.8, 4) is 0 Å². The summed E-state index contributed by atoms with van der Waals surface area (Å²) >= 11 is 0. The number of hydrogen-bond acceptors (Lipinski definition) is 4. The molecule has 0 N–H and O–H groups in total. The monoisotopic (exact) mass is 411 g/mol. The summed E-state index contributed by atoms with van der Waals surface area (Å²) in [5, 5.41) is 0. The van der Waals surface area contributed by atoms with Crippen LogP contribution in [0.3, 0.4) is 0 Å². The Morgan fingerprint density at radius 1 is 1.00 bits per heavy atom. The highest BCUT2D eigenvalue weighted by atomic mass is 16.5. The minimum absolute atomic E-state index is 0.158. The first-order chi connectivity index (χ1) is 14.5. The normalized spacial score (nSPS) is 31.3. The third-order valence-electron chi connectivity index (χ3n) is 7.88. The van der Waals surface area contributed by atoms with Crippen molar-refractivity contribution in [3.63, 3.8) is 0 Å². The first kappa shape index (κ1) is 20.3. The Kier molecular flexibility index (Phi) is 5.53. The maximum Gasteiger partial charge on any atom is 0.226 e. The zero-order chi connectivity index (χ0) is 20.7. The Morgan fingerprint density at radius 3 is 2.27 bits per heavy atom. The van der Waals surface area contributed by atoms with Crippen LogP contribution in [0.5, 0.6) is 0 Å². The average Bonchev–Trinajstić information content (AvgIpc) is 3.16. The van der Waals surface area contributed by atoms with Gasteiger partial charge in [0.1, 0.15) is 0 Å². The molecule has 1 amide bonds. The van der Waals surface area contributed by atoms with Crippen LogP contribution in [0.2, 0.25) is 0 Å². The van der Waals surface area contributed by atoms with Crippen LogP contribution in [0, 0.1) is 11.3 Å². The summed E-state index contributed by atoms with van der Waals surface area (Å²) in [5.74, 6) is 0.653. The van der Waals surface area contributed by atoms with Gasteiger partial charge in [-0.3, -0.25) is 9.69 Å². The van der Waals surface area contributed by atoms with E-state index in [1.165, 1.54) is 50.0 Å². The molecule has 30 heavy (non-hydrogen) atoms. The molecule has 3 heterocycles. The highest BCUT2D eigenvalue weighted by Crippen LogP contribution is 2.60. The van der Waals surface area contributed by atoms with Gasteiger partial charge in [-0.05, 0) is 82.2 Å². The van der Waals surface area contributed by atoms with Gasteiger partial charge in [0, 0.05) is 44.3 Å². The molecule has 0 radical (unpaired) electrons. The van der Waals surface area contributed by atoms with Crippen molar-refractivity contribution >= 4 is 11.6 Å². The zero-order valence-electron chi connectivity index (χ0n) is 18.7. The largest absolute Gasteiger partial charge is 0.372 e. The number of carbonyl (C=O) groups excluding carboxylic acids is 1. The molecule has 5 nitrogen and oxygen atoms in total. The Bertz CT molecular complexity index is 740. The van der Waals surface area contributed by atoms with E-state index in [9.17, 15) is 4.79 Å². The van der Waals surface area contributed by atoms with E-state index in [0.29, 0.717) is 5.91 Å². The van der Waals surface area contributed by atoms with E-state index in [1.807, 2.05) is 0 Å². The van der Waals surface area contributed by atoms with E-state index in [0.717, 1.165) is 39.1 Å².